The third-order valence-corrected chi connectivity index (χ3v) is 6.63. The number of aryl methyl sites for hydroxylation is 1. The van der Waals surface area contributed by atoms with Crippen LogP contribution in [0.25, 0.3) is 6.08 Å². The van der Waals surface area contributed by atoms with E-state index in [0.29, 0.717) is 39.4 Å². The molecule has 8 nitrogen and oxygen atoms in total. The number of halogens is 2. The van der Waals surface area contributed by atoms with Gasteiger partial charge < -0.3 is 20.1 Å². The topological polar surface area (TPSA) is 97.0 Å². The molecule has 4 amide bonds. The smallest absolute Gasteiger partial charge is 0.329 e. The number of amides is 4. The number of ether oxygens (including phenoxy) is 2. The molecular weight excluding hydrogens is 541 g/mol. The predicted molar refractivity (Wildman–Crippen MR) is 151 cm³/mol. The van der Waals surface area contributed by atoms with Crippen LogP contribution in [0.2, 0.25) is 10.0 Å². The number of hydrogen-bond donors (Lipinski definition) is 2. The summed E-state index contributed by atoms with van der Waals surface area (Å²) >= 11 is 12.1. The van der Waals surface area contributed by atoms with Crippen molar-refractivity contribution in [2.24, 2.45) is 0 Å². The van der Waals surface area contributed by atoms with Gasteiger partial charge >= 0.3 is 6.03 Å². The first-order valence-corrected chi connectivity index (χ1v) is 13.1. The summed E-state index contributed by atoms with van der Waals surface area (Å²) in [6, 6.07) is 17.1. The van der Waals surface area contributed by atoms with E-state index in [4.69, 9.17) is 32.7 Å². The molecule has 0 radical (unpaired) electrons. The third kappa shape index (κ3) is 6.90. The molecule has 0 aliphatic carbocycles. The Morgan fingerprint density at radius 2 is 1.77 bits per heavy atom. The van der Waals surface area contributed by atoms with Crippen LogP contribution in [-0.4, -0.2) is 35.9 Å². The van der Waals surface area contributed by atoms with Crippen molar-refractivity contribution in [3.63, 3.8) is 0 Å². The Morgan fingerprint density at radius 1 is 0.974 bits per heavy atom. The third-order valence-electron chi connectivity index (χ3n) is 5.89. The van der Waals surface area contributed by atoms with Crippen LogP contribution in [0, 0.1) is 0 Å². The van der Waals surface area contributed by atoms with Crippen LogP contribution in [0.1, 0.15) is 30.5 Å². The van der Waals surface area contributed by atoms with Crippen LogP contribution in [0.15, 0.2) is 66.4 Å². The number of urea groups is 1. The fraction of sp³-hybridized carbons (Fsp3) is 0.207. The molecule has 10 heteroatoms. The molecule has 1 saturated heterocycles. The van der Waals surface area contributed by atoms with E-state index in [1.807, 2.05) is 38.1 Å². The van der Waals surface area contributed by atoms with Gasteiger partial charge in [0.15, 0.2) is 11.5 Å². The second-order valence-corrected chi connectivity index (χ2v) is 9.43. The van der Waals surface area contributed by atoms with Gasteiger partial charge in [-0.25, -0.2) is 9.69 Å². The number of carbonyl (C=O) groups excluding carboxylic acids is 3. The summed E-state index contributed by atoms with van der Waals surface area (Å²) in [6.45, 7) is 4.04. The van der Waals surface area contributed by atoms with E-state index < -0.39 is 24.4 Å². The molecule has 3 aromatic carbocycles. The van der Waals surface area contributed by atoms with Crippen molar-refractivity contribution < 1.29 is 23.9 Å². The maximum absolute atomic E-state index is 12.9. The Labute approximate surface area is 236 Å². The molecule has 4 rings (SSSR count). The highest BCUT2D eigenvalue weighted by molar-refractivity contribution is 6.42. The van der Waals surface area contributed by atoms with Gasteiger partial charge in [-0.15, -0.1) is 0 Å². The molecule has 1 aliphatic heterocycles. The van der Waals surface area contributed by atoms with Gasteiger partial charge in [0.25, 0.3) is 5.91 Å². The summed E-state index contributed by atoms with van der Waals surface area (Å²) in [4.78, 5) is 38.9. The Balaban J connectivity index is 1.45. The molecule has 3 aromatic rings. The van der Waals surface area contributed by atoms with Crippen LogP contribution in [0.4, 0.5) is 10.5 Å². The van der Waals surface area contributed by atoms with E-state index >= 15 is 0 Å². The van der Waals surface area contributed by atoms with Gasteiger partial charge in [-0.2, -0.15) is 0 Å². The minimum Gasteiger partial charge on any atom is -0.490 e. The lowest BCUT2D eigenvalue weighted by molar-refractivity contribution is -0.127. The number of hydrogen-bond acceptors (Lipinski definition) is 5. The molecule has 0 unspecified atom stereocenters. The van der Waals surface area contributed by atoms with E-state index in [9.17, 15) is 14.4 Å². The second-order valence-electron chi connectivity index (χ2n) is 8.61. The van der Waals surface area contributed by atoms with Gasteiger partial charge in [0.2, 0.25) is 5.91 Å². The molecule has 0 atom stereocenters. The summed E-state index contributed by atoms with van der Waals surface area (Å²) in [5.41, 5.74) is 3.09. The second kappa shape index (κ2) is 12.7. The molecule has 1 heterocycles. The summed E-state index contributed by atoms with van der Waals surface area (Å²) < 4.78 is 11.7. The highest BCUT2D eigenvalue weighted by Gasteiger charge is 2.35. The van der Waals surface area contributed by atoms with Crippen molar-refractivity contribution in [2.45, 2.75) is 26.9 Å². The van der Waals surface area contributed by atoms with E-state index in [1.54, 1.807) is 36.4 Å². The summed E-state index contributed by atoms with van der Waals surface area (Å²) in [5.74, 6) is -0.105. The van der Waals surface area contributed by atoms with Gasteiger partial charge in [0.05, 0.1) is 16.7 Å². The molecule has 202 valence electrons. The largest absolute Gasteiger partial charge is 0.490 e. The SMILES string of the molecule is CCOc1cc(/C=C2/NC(=O)N(CC(=O)Nc3ccccc3CC)C2=O)ccc1OCc1ccc(Cl)c(Cl)c1. The highest BCUT2D eigenvalue weighted by Crippen LogP contribution is 2.31. The number of nitrogens with zero attached hydrogens (tertiary/aromatic N) is 1. The van der Waals surface area contributed by atoms with Crippen molar-refractivity contribution >= 4 is 52.8 Å². The Hall–Kier alpha value is -4.01. The molecular formula is C29H27Cl2N3O5. The molecule has 0 aromatic heterocycles. The lowest BCUT2D eigenvalue weighted by Gasteiger charge is -2.14. The number of nitrogens with one attached hydrogen (secondary N) is 2. The van der Waals surface area contributed by atoms with Crippen molar-refractivity contribution in [1.82, 2.24) is 10.2 Å². The monoisotopic (exact) mass is 567 g/mol. The molecule has 1 fully saturated rings. The van der Waals surface area contributed by atoms with E-state index in [0.717, 1.165) is 22.4 Å². The van der Waals surface area contributed by atoms with E-state index in [1.165, 1.54) is 6.08 Å². The summed E-state index contributed by atoms with van der Waals surface area (Å²) in [5, 5.41) is 6.21. The number of anilines is 1. The van der Waals surface area contributed by atoms with Crippen molar-refractivity contribution in [3.8, 4) is 11.5 Å². The summed E-state index contributed by atoms with van der Waals surface area (Å²) in [6.07, 6.45) is 2.26. The minimum atomic E-state index is -0.670. The Kier molecular flexibility index (Phi) is 9.11. The average Bonchev–Trinajstić information content (AvgIpc) is 3.17. The van der Waals surface area contributed by atoms with Crippen LogP contribution in [-0.2, 0) is 22.6 Å². The van der Waals surface area contributed by atoms with Crippen molar-refractivity contribution in [2.75, 3.05) is 18.5 Å². The van der Waals surface area contributed by atoms with Crippen LogP contribution >= 0.6 is 23.2 Å². The number of rotatable bonds is 10. The first kappa shape index (κ1) is 28.0. The van der Waals surface area contributed by atoms with Crippen molar-refractivity contribution in [3.05, 3.63) is 93.1 Å². The van der Waals surface area contributed by atoms with Crippen LogP contribution in [0.3, 0.4) is 0 Å². The van der Waals surface area contributed by atoms with Gasteiger partial charge in [-0.3, -0.25) is 9.59 Å². The fourth-order valence-electron chi connectivity index (χ4n) is 3.96. The predicted octanol–water partition coefficient (Wildman–Crippen LogP) is 6.06. The fourth-order valence-corrected chi connectivity index (χ4v) is 4.28. The Morgan fingerprint density at radius 3 is 2.51 bits per heavy atom. The van der Waals surface area contributed by atoms with E-state index in [-0.39, 0.29) is 12.3 Å². The van der Waals surface area contributed by atoms with Gasteiger partial charge in [0.1, 0.15) is 18.8 Å². The molecule has 2 N–H and O–H groups in total. The van der Waals surface area contributed by atoms with Crippen molar-refractivity contribution in [1.29, 1.82) is 0 Å². The molecule has 0 bridgehead atoms. The number of para-hydroxylation sites is 1. The van der Waals surface area contributed by atoms with Crippen LogP contribution < -0.4 is 20.1 Å². The van der Waals surface area contributed by atoms with Crippen LogP contribution in [0.5, 0.6) is 11.5 Å². The zero-order valence-electron chi connectivity index (χ0n) is 21.4. The first-order chi connectivity index (χ1) is 18.8. The summed E-state index contributed by atoms with van der Waals surface area (Å²) in [7, 11) is 0. The standard InChI is InChI=1S/C29H27Cl2N3O5/c1-3-20-7-5-6-8-23(20)32-27(35)16-34-28(36)24(33-29(34)37)14-18-10-12-25(26(15-18)38-4-2)39-17-19-9-11-21(30)22(31)13-19/h5-15H,3-4,16-17H2,1-2H3,(H,32,35)(H,33,37)/b24-14+. The van der Waals surface area contributed by atoms with E-state index in [2.05, 4.69) is 10.6 Å². The van der Waals surface area contributed by atoms with Gasteiger partial charge in [0, 0.05) is 5.69 Å². The van der Waals surface area contributed by atoms with Gasteiger partial charge in [-0.05, 0) is 66.4 Å². The minimum absolute atomic E-state index is 0.0497. The lowest BCUT2D eigenvalue weighted by Crippen LogP contribution is -2.38. The number of benzene rings is 3. The maximum atomic E-state index is 12.9. The Bertz CT molecular complexity index is 1440. The molecule has 0 spiro atoms. The first-order valence-electron chi connectivity index (χ1n) is 12.3. The number of imide groups is 1. The molecule has 39 heavy (non-hydrogen) atoms. The number of carbonyl (C=O) groups is 3. The maximum Gasteiger partial charge on any atom is 0.329 e. The zero-order valence-corrected chi connectivity index (χ0v) is 22.9. The normalized spacial score (nSPS) is 13.9. The molecule has 1 aliphatic rings. The van der Waals surface area contributed by atoms with Gasteiger partial charge in [-0.1, -0.05) is 60.5 Å². The zero-order chi connectivity index (χ0) is 27.9. The molecule has 0 saturated carbocycles. The average molecular weight is 568 g/mol. The lowest BCUT2D eigenvalue weighted by atomic mass is 10.1. The quantitative estimate of drug-likeness (QED) is 0.229. The highest BCUT2D eigenvalue weighted by atomic mass is 35.5.